The van der Waals surface area contributed by atoms with Crippen LogP contribution in [0, 0.1) is 0 Å². The van der Waals surface area contributed by atoms with Gasteiger partial charge in [-0.05, 0) is 35.1 Å². The molecule has 1 saturated heterocycles. The van der Waals surface area contributed by atoms with Crippen LogP contribution in [-0.4, -0.2) is 48.1 Å². The van der Waals surface area contributed by atoms with Crippen LogP contribution in [-0.2, 0) is 6.18 Å². The second-order valence-electron chi connectivity index (χ2n) is 5.34. The molecule has 0 amide bonds. The Balaban J connectivity index is 1.98. The Bertz CT molecular complexity index is 696. The van der Waals surface area contributed by atoms with E-state index in [2.05, 4.69) is 42.7 Å². The third-order valence-corrected chi connectivity index (χ3v) is 4.35. The van der Waals surface area contributed by atoms with Crippen LogP contribution in [0.5, 0.6) is 0 Å². The highest BCUT2D eigenvalue weighted by molar-refractivity contribution is 9.10. The van der Waals surface area contributed by atoms with Gasteiger partial charge in [0.05, 0.1) is 17.3 Å². The molecule has 0 unspecified atom stereocenters. The zero-order valence-corrected chi connectivity index (χ0v) is 13.4. The van der Waals surface area contributed by atoms with Gasteiger partial charge in [0.1, 0.15) is 11.3 Å². The molecular weight excluding hydrogens is 361 g/mol. The highest BCUT2D eigenvalue weighted by Crippen LogP contribution is 2.34. The molecular formula is C14H14BrF3N4. The smallest absolute Gasteiger partial charge is 0.353 e. The van der Waals surface area contributed by atoms with Gasteiger partial charge in [-0.3, -0.25) is 4.98 Å². The Hall–Kier alpha value is -1.41. The van der Waals surface area contributed by atoms with E-state index in [1.807, 2.05) is 0 Å². The van der Waals surface area contributed by atoms with Gasteiger partial charge in [-0.2, -0.15) is 13.2 Å². The number of hydrogen-bond acceptors (Lipinski definition) is 4. The van der Waals surface area contributed by atoms with Crippen LogP contribution >= 0.6 is 15.9 Å². The minimum absolute atomic E-state index is 0.236. The molecule has 3 rings (SSSR count). The molecule has 2 aromatic rings. The lowest BCUT2D eigenvalue weighted by atomic mass is 10.2. The van der Waals surface area contributed by atoms with Crippen LogP contribution < -0.4 is 4.90 Å². The standard InChI is InChI=1S/C14H14BrF3N4/c1-21-2-4-22(5-3-21)12-8-19-11-7-9(14(16,17)18)6-10(15)13(11)20-12/h6-8H,2-5H2,1H3. The summed E-state index contributed by atoms with van der Waals surface area (Å²) in [4.78, 5) is 13.0. The molecule has 1 aliphatic heterocycles. The summed E-state index contributed by atoms with van der Waals surface area (Å²) in [6.45, 7) is 3.51. The summed E-state index contributed by atoms with van der Waals surface area (Å²) in [5.74, 6) is 0.695. The summed E-state index contributed by atoms with van der Waals surface area (Å²) < 4.78 is 38.8. The summed E-state index contributed by atoms with van der Waals surface area (Å²) in [7, 11) is 2.05. The Kier molecular flexibility index (Phi) is 3.98. The van der Waals surface area contributed by atoms with Crippen molar-refractivity contribution in [2.45, 2.75) is 6.18 Å². The maximum absolute atomic E-state index is 12.8. The molecule has 0 radical (unpaired) electrons. The molecule has 1 aromatic carbocycles. The Morgan fingerprint density at radius 1 is 1.14 bits per heavy atom. The maximum atomic E-state index is 12.8. The second kappa shape index (κ2) is 5.66. The highest BCUT2D eigenvalue weighted by Gasteiger charge is 2.31. The van der Waals surface area contributed by atoms with Crippen LogP contribution in [0.3, 0.4) is 0 Å². The molecule has 0 spiro atoms. The molecule has 1 fully saturated rings. The van der Waals surface area contributed by atoms with Crippen molar-refractivity contribution >= 4 is 32.8 Å². The second-order valence-corrected chi connectivity index (χ2v) is 6.20. The Labute approximate surface area is 134 Å². The molecule has 0 N–H and O–H groups in total. The fraction of sp³-hybridized carbons (Fsp3) is 0.429. The Morgan fingerprint density at radius 2 is 1.82 bits per heavy atom. The lowest BCUT2D eigenvalue weighted by molar-refractivity contribution is -0.137. The first kappa shape index (κ1) is 15.5. The van der Waals surface area contributed by atoms with E-state index in [-0.39, 0.29) is 5.52 Å². The molecule has 22 heavy (non-hydrogen) atoms. The third kappa shape index (κ3) is 3.03. The first-order chi connectivity index (χ1) is 10.3. The average molecular weight is 375 g/mol. The van der Waals surface area contributed by atoms with Gasteiger partial charge in [0.2, 0.25) is 0 Å². The number of piperazine rings is 1. The molecule has 0 atom stereocenters. The van der Waals surface area contributed by atoms with Crippen molar-refractivity contribution in [3.63, 3.8) is 0 Å². The van der Waals surface area contributed by atoms with E-state index in [0.29, 0.717) is 15.8 Å². The minimum atomic E-state index is -4.39. The molecule has 118 valence electrons. The molecule has 1 aliphatic rings. The van der Waals surface area contributed by atoms with Crippen molar-refractivity contribution in [1.82, 2.24) is 14.9 Å². The summed E-state index contributed by atoms with van der Waals surface area (Å²) >= 11 is 3.18. The predicted molar refractivity (Wildman–Crippen MR) is 82.0 cm³/mol. The average Bonchev–Trinajstić information content (AvgIpc) is 2.47. The third-order valence-electron chi connectivity index (χ3n) is 3.74. The Morgan fingerprint density at radius 3 is 2.45 bits per heavy atom. The van der Waals surface area contributed by atoms with E-state index in [0.717, 1.165) is 38.3 Å². The number of benzene rings is 1. The van der Waals surface area contributed by atoms with Crippen LogP contribution in [0.1, 0.15) is 5.56 Å². The largest absolute Gasteiger partial charge is 0.416 e. The first-order valence-corrected chi connectivity index (χ1v) is 7.61. The van der Waals surface area contributed by atoms with Crippen molar-refractivity contribution in [3.8, 4) is 0 Å². The zero-order valence-electron chi connectivity index (χ0n) is 11.9. The number of hydrogen-bond donors (Lipinski definition) is 0. The summed E-state index contributed by atoms with van der Waals surface area (Å²) in [5.41, 5.74) is -0.0440. The predicted octanol–water partition coefficient (Wildman–Crippen LogP) is 3.16. The van der Waals surface area contributed by atoms with Crippen molar-refractivity contribution in [1.29, 1.82) is 0 Å². The van der Waals surface area contributed by atoms with E-state index in [1.54, 1.807) is 6.20 Å². The van der Waals surface area contributed by atoms with E-state index in [4.69, 9.17) is 0 Å². The van der Waals surface area contributed by atoms with Crippen LogP contribution in [0.2, 0.25) is 0 Å². The number of halogens is 4. The van der Waals surface area contributed by atoms with Gasteiger partial charge in [-0.15, -0.1) is 0 Å². The highest BCUT2D eigenvalue weighted by atomic mass is 79.9. The van der Waals surface area contributed by atoms with Crippen LogP contribution in [0.4, 0.5) is 19.0 Å². The van der Waals surface area contributed by atoms with Gasteiger partial charge >= 0.3 is 6.18 Å². The van der Waals surface area contributed by atoms with E-state index < -0.39 is 11.7 Å². The molecule has 4 nitrogen and oxygen atoms in total. The van der Waals surface area contributed by atoms with Crippen LogP contribution in [0.25, 0.3) is 11.0 Å². The van der Waals surface area contributed by atoms with Crippen molar-refractivity contribution < 1.29 is 13.2 Å². The molecule has 0 bridgehead atoms. The number of aromatic nitrogens is 2. The monoisotopic (exact) mass is 374 g/mol. The van der Waals surface area contributed by atoms with Crippen molar-refractivity contribution in [3.05, 3.63) is 28.4 Å². The van der Waals surface area contributed by atoms with E-state index in [1.165, 1.54) is 0 Å². The van der Waals surface area contributed by atoms with Crippen molar-refractivity contribution in [2.24, 2.45) is 0 Å². The minimum Gasteiger partial charge on any atom is -0.353 e. The normalized spacial score (nSPS) is 17.2. The van der Waals surface area contributed by atoms with Crippen LogP contribution in [0.15, 0.2) is 22.8 Å². The van der Waals surface area contributed by atoms with Gasteiger partial charge in [0.15, 0.2) is 0 Å². The molecule has 0 saturated carbocycles. The number of rotatable bonds is 1. The van der Waals surface area contributed by atoms with Gasteiger partial charge in [-0.1, -0.05) is 0 Å². The SMILES string of the molecule is CN1CCN(c2cnc3cc(C(F)(F)F)cc(Br)c3n2)CC1. The summed E-state index contributed by atoms with van der Waals surface area (Å²) in [6, 6.07) is 2.08. The van der Waals surface area contributed by atoms with Crippen molar-refractivity contribution in [2.75, 3.05) is 38.1 Å². The quantitative estimate of drug-likeness (QED) is 0.767. The lowest BCUT2D eigenvalue weighted by Crippen LogP contribution is -2.44. The van der Waals surface area contributed by atoms with E-state index >= 15 is 0 Å². The number of alkyl halides is 3. The zero-order chi connectivity index (χ0) is 15.9. The maximum Gasteiger partial charge on any atom is 0.416 e. The summed E-state index contributed by atoms with van der Waals surface area (Å²) in [6.07, 6.45) is -2.85. The number of likely N-dealkylation sites (N-methyl/N-ethyl adjacent to an activating group) is 1. The molecule has 2 heterocycles. The fourth-order valence-electron chi connectivity index (χ4n) is 2.42. The topological polar surface area (TPSA) is 32.3 Å². The number of nitrogens with zero attached hydrogens (tertiary/aromatic N) is 4. The van der Waals surface area contributed by atoms with Gasteiger partial charge in [-0.25, -0.2) is 4.98 Å². The van der Waals surface area contributed by atoms with E-state index in [9.17, 15) is 13.2 Å². The molecule has 0 aliphatic carbocycles. The van der Waals surface area contributed by atoms with Gasteiger partial charge in [0.25, 0.3) is 0 Å². The van der Waals surface area contributed by atoms with Gasteiger partial charge < -0.3 is 9.80 Å². The number of anilines is 1. The van der Waals surface area contributed by atoms with Gasteiger partial charge in [0, 0.05) is 30.7 Å². The molecule has 1 aromatic heterocycles. The number of fused-ring (bicyclic) bond motifs is 1. The summed E-state index contributed by atoms with van der Waals surface area (Å²) in [5, 5.41) is 0. The first-order valence-electron chi connectivity index (χ1n) is 6.81. The lowest BCUT2D eigenvalue weighted by Gasteiger charge is -2.33. The fourth-order valence-corrected chi connectivity index (χ4v) is 2.95. The molecule has 8 heteroatoms.